The molecule has 0 radical (unpaired) electrons. The Hall–Kier alpha value is -0.790. The first-order valence-corrected chi connectivity index (χ1v) is 3.16. The molecule has 0 aromatic heterocycles. The molecule has 50 valence electrons. The minimum atomic E-state index is 0.0225. The number of rotatable bonds is 1. The van der Waals surface area contributed by atoms with Gasteiger partial charge in [-0.3, -0.25) is 4.79 Å². The molecular weight excluding hydrogens is 114 g/mol. The third kappa shape index (κ3) is 1.56. The van der Waals surface area contributed by atoms with Gasteiger partial charge in [-0.2, -0.15) is 0 Å². The Morgan fingerprint density at radius 2 is 2.44 bits per heavy atom. The van der Waals surface area contributed by atoms with Gasteiger partial charge in [0, 0.05) is 13.1 Å². The van der Waals surface area contributed by atoms with Crippen molar-refractivity contribution in [1.82, 2.24) is 5.32 Å². The van der Waals surface area contributed by atoms with Crippen LogP contribution < -0.4 is 5.32 Å². The predicted octanol–water partition coefficient (Wildman–Crippen LogP) is 0.699. The maximum Gasteiger partial charge on any atom is 0.243 e. The van der Waals surface area contributed by atoms with Crippen LogP contribution in [0.2, 0.25) is 0 Å². The van der Waals surface area contributed by atoms with Gasteiger partial charge in [0.25, 0.3) is 0 Å². The summed E-state index contributed by atoms with van der Waals surface area (Å²) in [5.41, 5.74) is 1.27. The van der Waals surface area contributed by atoms with Crippen LogP contribution in [-0.4, -0.2) is 13.0 Å². The highest BCUT2D eigenvalue weighted by Gasteiger charge is 2.24. The fourth-order valence-corrected chi connectivity index (χ4v) is 0.736. The molecule has 2 heteroatoms. The van der Waals surface area contributed by atoms with E-state index in [1.165, 1.54) is 5.57 Å². The Balaban J connectivity index is 2.41. The van der Waals surface area contributed by atoms with Crippen LogP contribution in [0, 0.1) is 5.92 Å². The monoisotopic (exact) mass is 125 g/mol. The number of hydrogen-bond donors (Lipinski definition) is 1. The van der Waals surface area contributed by atoms with Crippen LogP contribution in [-0.2, 0) is 4.79 Å². The highest BCUT2D eigenvalue weighted by Crippen LogP contribution is 2.36. The molecule has 0 heterocycles. The van der Waals surface area contributed by atoms with Gasteiger partial charge in [-0.25, -0.2) is 0 Å². The van der Waals surface area contributed by atoms with Crippen LogP contribution in [0.4, 0.5) is 0 Å². The Morgan fingerprint density at radius 1 is 1.89 bits per heavy atom. The summed E-state index contributed by atoms with van der Waals surface area (Å²) in [7, 11) is 1.65. The molecule has 1 unspecified atom stereocenters. The summed E-state index contributed by atoms with van der Waals surface area (Å²) >= 11 is 0. The van der Waals surface area contributed by atoms with Crippen molar-refractivity contribution < 1.29 is 4.79 Å². The SMILES string of the molecule is CNC(=O)/C=C1\CC1C. The van der Waals surface area contributed by atoms with Gasteiger partial charge < -0.3 is 5.32 Å². The van der Waals surface area contributed by atoms with Crippen LogP contribution >= 0.6 is 0 Å². The van der Waals surface area contributed by atoms with Gasteiger partial charge in [0.15, 0.2) is 0 Å². The van der Waals surface area contributed by atoms with Crippen molar-refractivity contribution in [2.24, 2.45) is 5.92 Å². The molecule has 0 aliphatic heterocycles. The molecule has 1 saturated carbocycles. The van der Waals surface area contributed by atoms with Gasteiger partial charge in [-0.05, 0) is 12.3 Å². The number of hydrogen-bond acceptors (Lipinski definition) is 1. The molecule has 2 nitrogen and oxygen atoms in total. The maximum atomic E-state index is 10.6. The van der Waals surface area contributed by atoms with E-state index in [4.69, 9.17) is 0 Å². The third-order valence-corrected chi connectivity index (χ3v) is 1.58. The topological polar surface area (TPSA) is 29.1 Å². The molecule has 9 heavy (non-hydrogen) atoms. The normalized spacial score (nSPS) is 28.2. The molecule has 1 atom stereocenters. The van der Waals surface area contributed by atoms with E-state index in [-0.39, 0.29) is 5.91 Å². The largest absolute Gasteiger partial charge is 0.356 e. The van der Waals surface area contributed by atoms with E-state index in [9.17, 15) is 4.79 Å². The number of carbonyl (C=O) groups is 1. The second-order valence-corrected chi connectivity index (χ2v) is 2.44. The van der Waals surface area contributed by atoms with Crippen LogP contribution in [0.5, 0.6) is 0 Å². The molecule has 1 rings (SSSR count). The van der Waals surface area contributed by atoms with Crippen molar-refractivity contribution in [2.75, 3.05) is 7.05 Å². The third-order valence-electron chi connectivity index (χ3n) is 1.58. The summed E-state index contributed by atoms with van der Waals surface area (Å²) in [6, 6.07) is 0. The van der Waals surface area contributed by atoms with E-state index in [2.05, 4.69) is 12.2 Å². The van der Waals surface area contributed by atoms with Crippen molar-refractivity contribution in [3.63, 3.8) is 0 Å². The zero-order valence-corrected chi connectivity index (χ0v) is 5.77. The van der Waals surface area contributed by atoms with Crippen LogP contribution in [0.3, 0.4) is 0 Å². The Morgan fingerprint density at radius 3 is 2.78 bits per heavy atom. The second kappa shape index (κ2) is 2.21. The average molecular weight is 125 g/mol. The van der Waals surface area contributed by atoms with E-state index in [0.29, 0.717) is 5.92 Å². The molecule has 1 aliphatic carbocycles. The fourth-order valence-electron chi connectivity index (χ4n) is 0.736. The summed E-state index contributed by atoms with van der Waals surface area (Å²) in [5.74, 6) is 0.677. The zero-order valence-electron chi connectivity index (χ0n) is 5.77. The lowest BCUT2D eigenvalue weighted by Gasteiger charge is -1.85. The highest BCUT2D eigenvalue weighted by atomic mass is 16.1. The molecule has 0 saturated heterocycles. The molecule has 1 amide bonds. The Kier molecular flexibility index (Phi) is 1.56. The molecular formula is C7H11NO. The van der Waals surface area contributed by atoms with Crippen molar-refractivity contribution in [1.29, 1.82) is 0 Å². The molecule has 0 bridgehead atoms. The smallest absolute Gasteiger partial charge is 0.243 e. The average Bonchev–Trinajstić information content (AvgIpc) is 2.47. The number of nitrogens with one attached hydrogen (secondary N) is 1. The van der Waals surface area contributed by atoms with E-state index < -0.39 is 0 Å². The van der Waals surface area contributed by atoms with E-state index >= 15 is 0 Å². The molecule has 1 N–H and O–H groups in total. The molecule has 0 spiro atoms. The summed E-state index contributed by atoms with van der Waals surface area (Å²) in [4.78, 5) is 10.6. The van der Waals surface area contributed by atoms with Gasteiger partial charge in [0.1, 0.15) is 0 Å². The van der Waals surface area contributed by atoms with Crippen LogP contribution in [0.25, 0.3) is 0 Å². The van der Waals surface area contributed by atoms with Crippen molar-refractivity contribution >= 4 is 5.91 Å². The molecule has 1 aliphatic rings. The van der Waals surface area contributed by atoms with Gasteiger partial charge >= 0.3 is 0 Å². The second-order valence-electron chi connectivity index (χ2n) is 2.44. The van der Waals surface area contributed by atoms with Crippen molar-refractivity contribution in [3.05, 3.63) is 11.6 Å². The van der Waals surface area contributed by atoms with Gasteiger partial charge in [-0.15, -0.1) is 0 Å². The van der Waals surface area contributed by atoms with Crippen LogP contribution in [0.15, 0.2) is 11.6 Å². The zero-order chi connectivity index (χ0) is 6.85. The highest BCUT2D eigenvalue weighted by molar-refractivity contribution is 5.88. The molecule has 1 fully saturated rings. The summed E-state index contributed by atoms with van der Waals surface area (Å²) in [5, 5.41) is 2.54. The molecule has 0 aromatic carbocycles. The van der Waals surface area contributed by atoms with Crippen molar-refractivity contribution in [2.45, 2.75) is 13.3 Å². The number of carbonyl (C=O) groups excluding carboxylic acids is 1. The minimum absolute atomic E-state index is 0.0225. The Labute approximate surface area is 54.9 Å². The number of likely N-dealkylation sites (N-methyl/N-ethyl adjacent to an activating group) is 1. The first-order chi connectivity index (χ1) is 4.24. The lowest BCUT2D eigenvalue weighted by Crippen LogP contribution is -2.14. The van der Waals surface area contributed by atoms with Gasteiger partial charge in [0.05, 0.1) is 0 Å². The standard InChI is InChI=1S/C7H11NO/c1-5-3-6(5)4-7(9)8-2/h4-5H,3H2,1-2H3,(H,8,9)/b6-4+. The number of amides is 1. The van der Waals surface area contributed by atoms with Crippen LogP contribution in [0.1, 0.15) is 13.3 Å². The van der Waals surface area contributed by atoms with Crippen molar-refractivity contribution in [3.8, 4) is 0 Å². The van der Waals surface area contributed by atoms with E-state index in [0.717, 1.165) is 6.42 Å². The minimum Gasteiger partial charge on any atom is -0.356 e. The van der Waals surface area contributed by atoms with Gasteiger partial charge in [-0.1, -0.05) is 12.5 Å². The lowest BCUT2D eigenvalue weighted by atomic mass is 10.4. The first-order valence-electron chi connectivity index (χ1n) is 3.16. The van der Waals surface area contributed by atoms with E-state index in [1.54, 1.807) is 13.1 Å². The maximum absolute atomic E-state index is 10.6. The Bertz CT molecular complexity index is 160. The quantitative estimate of drug-likeness (QED) is 0.513. The fraction of sp³-hybridized carbons (Fsp3) is 0.571. The number of allylic oxidation sites excluding steroid dienone is 1. The summed E-state index contributed by atoms with van der Waals surface area (Å²) < 4.78 is 0. The van der Waals surface area contributed by atoms with Gasteiger partial charge in [0.2, 0.25) is 5.91 Å². The summed E-state index contributed by atoms with van der Waals surface area (Å²) in [6.07, 6.45) is 2.79. The first kappa shape index (κ1) is 6.33. The summed E-state index contributed by atoms with van der Waals surface area (Å²) in [6.45, 7) is 2.12. The lowest BCUT2D eigenvalue weighted by molar-refractivity contribution is -0.116. The predicted molar refractivity (Wildman–Crippen MR) is 35.9 cm³/mol. The molecule has 0 aromatic rings. The van der Waals surface area contributed by atoms with E-state index in [1.807, 2.05) is 0 Å².